The molecule has 0 aromatic carbocycles. The number of methoxy groups -OCH3 is 1. The first-order chi connectivity index (χ1) is 9.58. The molecule has 0 aromatic heterocycles. The molecule has 0 rings (SSSR count). The largest absolute Gasteiger partial charge is 0.444 e. The molecule has 0 radical (unpaired) electrons. The zero-order chi connectivity index (χ0) is 16.6. The molecule has 5 heteroatoms. The Morgan fingerprint density at radius 2 is 1.76 bits per heavy atom. The Kier molecular flexibility index (Phi) is 8.90. The average molecular weight is 302 g/mol. The van der Waals surface area contributed by atoms with Crippen molar-refractivity contribution in [3.63, 3.8) is 0 Å². The zero-order valence-electron chi connectivity index (χ0n) is 15.0. The van der Waals surface area contributed by atoms with Crippen molar-refractivity contribution in [2.75, 3.05) is 26.8 Å². The third kappa shape index (κ3) is 8.94. The first kappa shape index (κ1) is 20.2. The van der Waals surface area contributed by atoms with E-state index in [-0.39, 0.29) is 12.1 Å². The van der Waals surface area contributed by atoms with Crippen LogP contribution in [0.3, 0.4) is 0 Å². The number of carbonyl (C=O) groups is 1. The van der Waals surface area contributed by atoms with Gasteiger partial charge in [-0.25, -0.2) is 4.79 Å². The topological polar surface area (TPSA) is 50.8 Å². The van der Waals surface area contributed by atoms with Crippen molar-refractivity contribution in [2.24, 2.45) is 5.92 Å². The van der Waals surface area contributed by atoms with Gasteiger partial charge in [0.15, 0.2) is 0 Å². The average Bonchev–Trinajstić information content (AvgIpc) is 2.29. The molecule has 0 saturated heterocycles. The van der Waals surface area contributed by atoms with E-state index >= 15 is 0 Å². The number of nitrogens with one attached hydrogen (secondary N) is 1. The summed E-state index contributed by atoms with van der Waals surface area (Å²) in [4.78, 5) is 13.9. The Balaban J connectivity index is 4.42. The number of ether oxygens (including phenoxy) is 2. The van der Waals surface area contributed by atoms with Gasteiger partial charge in [-0.05, 0) is 40.5 Å². The highest BCUT2D eigenvalue weighted by Crippen LogP contribution is 2.11. The lowest BCUT2D eigenvalue weighted by Crippen LogP contribution is -2.47. The van der Waals surface area contributed by atoms with Crippen LogP contribution < -0.4 is 5.32 Å². The molecule has 0 fully saturated rings. The maximum atomic E-state index is 12.2. The normalized spacial score (nSPS) is 13.6. The summed E-state index contributed by atoms with van der Waals surface area (Å²) < 4.78 is 10.7. The van der Waals surface area contributed by atoms with Crippen molar-refractivity contribution in [1.82, 2.24) is 10.2 Å². The first-order valence-corrected chi connectivity index (χ1v) is 7.80. The van der Waals surface area contributed by atoms with E-state index in [2.05, 4.69) is 19.2 Å². The summed E-state index contributed by atoms with van der Waals surface area (Å²) in [6.07, 6.45) is -0.257. The molecule has 0 bridgehead atoms. The van der Waals surface area contributed by atoms with E-state index < -0.39 is 5.60 Å². The molecule has 0 saturated carbocycles. The lowest BCUT2D eigenvalue weighted by molar-refractivity contribution is 0.0189. The lowest BCUT2D eigenvalue weighted by atomic mass is 10.1. The third-order valence-electron chi connectivity index (χ3n) is 3.16. The van der Waals surface area contributed by atoms with Gasteiger partial charge in [-0.2, -0.15) is 0 Å². The molecular weight excluding hydrogens is 268 g/mol. The minimum Gasteiger partial charge on any atom is -0.444 e. The summed E-state index contributed by atoms with van der Waals surface area (Å²) in [5.74, 6) is 0.485. The number of hydrogen-bond acceptors (Lipinski definition) is 4. The molecule has 0 aliphatic rings. The molecule has 0 aromatic rings. The van der Waals surface area contributed by atoms with Gasteiger partial charge in [0.05, 0.1) is 6.61 Å². The summed E-state index contributed by atoms with van der Waals surface area (Å²) in [5.41, 5.74) is -0.464. The predicted octanol–water partition coefficient (Wildman–Crippen LogP) is 2.89. The van der Waals surface area contributed by atoms with E-state index in [0.29, 0.717) is 25.1 Å². The van der Waals surface area contributed by atoms with Crippen LogP contribution in [0.2, 0.25) is 0 Å². The van der Waals surface area contributed by atoms with Gasteiger partial charge in [-0.1, -0.05) is 13.8 Å². The van der Waals surface area contributed by atoms with Gasteiger partial charge in [-0.3, -0.25) is 0 Å². The van der Waals surface area contributed by atoms with Crippen molar-refractivity contribution < 1.29 is 14.3 Å². The van der Waals surface area contributed by atoms with Gasteiger partial charge >= 0.3 is 6.09 Å². The molecule has 1 N–H and O–H groups in total. The van der Waals surface area contributed by atoms with Crippen LogP contribution in [0, 0.1) is 5.92 Å². The summed E-state index contributed by atoms with van der Waals surface area (Å²) in [6.45, 7) is 16.0. The Bertz CT molecular complexity index is 298. The van der Waals surface area contributed by atoms with E-state index in [0.717, 1.165) is 6.54 Å². The van der Waals surface area contributed by atoms with Gasteiger partial charge in [0.25, 0.3) is 0 Å². The summed E-state index contributed by atoms with van der Waals surface area (Å²) >= 11 is 0. The molecule has 0 heterocycles. The maximum absolute atomic E-state index is 12.2. The Morgan fingerprint density at radius 3 is 2.14 bits per heavy atom. The maximum Gasteiger partial charge on any atom is 0.410 e. The van der Waals surface area contributed by atoms with E-state index in [1.54, 1.807) is 12.0 Å². The second-order valence-corrected chi connectivity index (χ2v) is 7.03. The molecule has 1 unspecified atom stereocenters. The molecular formula is C16H34N2O3. The van der Waals surface area contributed by atoms with E-state index in [4.69, 9.17) is 9.47 Å². The lowest BCUT2D eigenvalue weighted by Gasteiger charge is -2.31. The molecule has 0 aliphatic heterocycles. The van der Waals surface area contributed by atoms with E-state index in [1.165, 1.54) is 0 Å². The monoisotopic (exact) mass is 302 g/mol. The van der Waals surface area contributed by atoms with Crippen LogP contribution in [0.4, 0.5) is 4.79 Å². The highest BCUT2D eigenvalue weighted by Gasteiger charge is 2.24. The minimum absolute atomic E-state index is 0.113. The van der Waals surface area contributed by atoms with Crippen LogP contribution in [-0.2, 0) is 9.47 Å². The van der Waals surface area contributed by atoms with Gasteiger partial charge in [-0.15, -0.1) is 0 Å². The first-order valence-electron chi connectivity index (χ1n) is 7.80. The molecule has 1 amide bonds. The van der Waals surface area contributed by atoms with Crippen LogP contribution >= 0.6 is 0 Å². The third-order valence-corrected chi connectivity index (χ3v) is 3.16. The Morgan fingerprint density at radius 1 is 1.19 bits per heavy atom. The molecule has 21 heavy (non-hydrogen) atoms. The highest BCUT2D eigenvalue weighted by atomic mass is 16.6. The number of hydrogen-bond donors (Lipinski definition) is 1. The van der Waals surface area contributed by atoms with Crippen LogP contribution in [-0.4, -0.2) is 55.5 Å². The summed E-state index contributed by atoms with van der Waals surface area (Å²) in [7, 11) is 1.71. The molecule has 0 spiro atoms. The van der Waals surface area contributed by atoms with E-state index in [9.17, 15) is 4.79 Å². The fourth-order valence-corrected chi connectivity index (χ4v) is 1.92. The van der Waals surface area contributed by atoms with Crippen molar-refractivity contribution in [3.8, 4) is 0 Å². The fraction of sp³-hybridized carbons (Fsp3) is 0.938. The summed E-state index contributed by atoms with van der Waals surface area (Å²) in [5, 5.41) is 3.45. The van der Waals surface area contributed by atoms with Crippen molar-refractivity contribution >= 4 is 6.09 Å². The molecule has 126 valence electrons. The van der Waals surface area contributed by atoms with Gasteiger partial charge in [0.2, 0.25) is 0 Å². The fourth-order valence-electron chi connectivity index (χ4n) is 1.92. The second-order valence-electron chi connectivity index (χ2n) is 7.03. The van der Waals surface area contributed by atoms with Crippen LogP contribution in [0.15, 0.2) is 0 Å². The van der Waals surface area contributed by atoms with Gasteiger partial charge < -0.3 is 19.7 Å². The van der Waals surface area contributed by atoms with Crippen LogP contribution in [0.25, 0.3) is 0 Å². The number of amides is 1. The van der Waals surface area contributed by atoms with Crippen molar-refractivity contribution in [1.29, 1.82) is 0 Å². The van der Waals surface area contributed by atoms with E-state index in [1.807, 2.05) is 34.6 Å². The predicted molar refractivity (Wildman–Crippen MR) is 86.6 cm³/mol. The highest BCUT2D eigenvalue weighted by molar-refractivity contribution is 5.68. The van der Waals surface area contributed by atoms with Crippen molar-refractivity contribution in [2.45, 2.75) is 66.2 Å². The quantitative estimate of drug-likeness (QED) is 0.749. The standard InChI is InChI=1S/C16H34N2O3/c1-12(2)14(11-20-8)17-9-10-18(13(3)4)15(19)21-16(5,6)7/h12-14,17H,9-11H2,1-8H3. The van der Waals surface area contributed by atoms with Gasteiger partial charge in [0.1, 0.15) is 5.60 Å². The van der Waals surface area contributed by atoms with Crippen LogP contribution in [0.5, 0.6) is 0 Å². The number of nitrogens with zero attached hydrogens (tertiary/aromatic N) is 1. The molecule has 0 aliphatic carbocycles. The van der Waals surface area contributed by atoms with Crippen molar-refractivity contribution in [3.05, 3.63) is 0 Å². The molecule has 1 atom stereocenters. The van der Waals surface area contributed by atoms with Crippen LogP contribution in [0.1, 0.15) is 48.5 Å². The summed E-state index contributed by atoms with van der Waals surface area (Å²) in [6, 6.07) is 0.407. The molecule has 5 nitrogen and oxygen atoms in total. The van der Waals surface area contributed by atoms with Gasteiger partial charge in [0, 0.05) is 32.3 Å². The second kappa shape index (κ2) is 9.26. The smallest absolute Gasteiger partial charge is 0.410 e. The SMILES string of the molecule is COCC(NCCN(C(=O)OC(C)(C)C)C(C)C)C(C)C. The Labute approximate surface area is 130 Å². The Hall–Kier alpha value is -0.810. The zero-order valence-corrected chi connectivity index (χ0v) is 15.0. The minimum atomic E-state index is -0.464. The number of carbonyl (C=O) groups excluding carboxylic acids is 1. The number of rotatable bonds is 8.